The Balaban J connectivity index is 1.92. The molecule has 0 aromatic heterocycles. The molecule has 1 saturated heterocycles. The highest BCUT2D eigenvalue weighted by Gasteiger charge is 2.56. The number of piperidine rings is 1. The molecule has 4 rings (SSSR count). The zero-order chi connectivity index (χ0) is 14.4. The van der Waals surface area contributed by atoms with Crippen LogP contribution < -0.4 is 10.2 Å². The lowest BCUT2D eigenvalue weighted by atomic mass is 9.52. The highest BCUT2D eigenvalue weighted by molar-refractivity contribution is 5.92. The molecule has 0 spiro atoms. The molecule has 3 aliphatic rings. The van der Waals surface area contributed by atoms with Crippen LogP contribution in [0.1, 0.15) is 36.8 Å². The first-order valence-electron chi connectivity index (χ1n) is 7.64. The Morgan fingerprint density at radius 1 is 1.38 bits per heavy atom. The molecule has 0 amide bonds. The van der Waals surface area contributed by atoms with Crippen molar-refractivity contribution < 1.29 is 20.0 Å². The molecule has 2 fully saturated rings. The summed E-state index contributed by atoms with van der Waals surface area (Å²) in [4.78, 5) is 17.7. The Morgan fingerprint density at radius 2 is 2.29 bits per heavy atom. The maximum absolute atomic E-state index is 12.8. The summed E-state index contributed by atoms with van der Waals surface area (Å²) in [7, 11) is 0. The lowest BCUT2D eigenvalue weighted by Gasteiger charge is -2.54. The second kappa shape index (κ2) is 4.80. The summed E-state index contributed by atoms with van der Waals surface area (Å²) < 4.78 is 0. The summed E-state index contributed by atoms with van der Waals surface area (Å²) in [5.41, 5.74) is 1.72. The van der Waals surface area contributed by atoms with Gasteiger partial charge in [0.2, 0.25) is 0 Å². The second-order valence-corrected chi connectivity index (χ2v) is 6.35. The van der Waals surface area contributed by atoms with Crippen molar-refractivity contribution in [2.24, 2.45) is 5.92 Å². The maximum atomic E-state index is 12.8. The Labute approximate surface area is 123 Å². The zero-order valence-electron chi connectivity index (χ0n) is 11.8. The molecule has 3 atom stereocenters. The number of benzene rings is 1. The fraction of sp³-hybridized carbons (Fsp3) is 0.562. The van der Waals surface area contributed by atoms with Gasteiger partial charge in [-0.3, -0.25) is 4.79 Å². The largest absolute Gasteiger partial charge is 0.313 e. The fourth-order valence-electron chi connectivity index (χ4n) is 4.86. The predicted molar refractivity (Wildman–Crippen MR) is 74.9 cm³/mol. The van der Waals surface area contributed by atoms with E-state index in [1.54, 1.807) is 6.07 Å². The topological polar surface area (TPSA) is 67.8 Å². The highest BCUT2D eigenvalue weighted by Crippen LogP contribution is 2.53. The summed E-state index contributed by atoms with van der Waals surface area (Å²) in [5, 5.41) is 16.0. The SMILES string of the molecule is O=C1CCC[C@H]2[C@H]3Cc4c(OOO)cccc4[C@@]12CCN3. The number of carbonyl (C=O) groups excluding carboxylic acids is 1. The minimum Gasteiger partial charge on any atom is -0.313 e. The van der Waals surface area contributed by atoms with Crippen LogP contribution in [0.3, 0.4) is 0 Å². The number of carbonyl (C=O) groups is 1. The van der Waals surface area contributed by atoms with Crippen LogP contribution in [0, 0.1) is 5.92 Å². The molecular weight excluding hydrogens is 270 g/mol. The first kappa shape index (κ1) is 13.2. The Bertz CT molecular complexity index is 588. The molecule has 2 aliphatic carbocycles. The van der Waals surface area contributed by atoms with E-state index < -0.39 is 0 Å². The van der Waals surface area contributed by atoms with Crippen molar-refractivity contribution in [1.82, 2.24) is 5.32 Å². The van der Waals surface area contributed by atoms with E-state index in [0.29, 0.717) is 29.9 Å². The minimum absolute atomic E-state index is 0.305. The highest BCUT2D eigenvalue weighted by atomic mass is 17.5. The van der Waals surface area contributed by atoms with E-state index in [1.165, 1.54) is 0 Å². The summed E-state index contributed by atoms with van der Waals surface area (Å²) in [6, 6.07) is 6.01. The van der Waals surface area contributed by atoms with Gasteiger partial charge < -0.3 is 10.2 Å². The summed E-state index contributed by atoms with van der Waals surface area (Å²) in [5.74, 6) is 1.26. The van der Waals surface area contributed by atoms with Gasteiger partial charge in [-0.25, -0.2) is 5.26 Å². The molecule has 21 heavy (non-hydrogen) atoms. The van der Waals surface area contributed by atoms with Crippen molar-refractivity contribution in [3.8, 4) is 5.75 Å². The van der Waals surface area contributed by atoms with Crippen LogP contribution in [-0.4, -0.2) is 23.6 Å². The van der Waals surface area contributed by atoms with Crippen LogP contribution in [0.5, 0.6) is 5.75 Å². The summed E-state index contributed by atoms with van der Waals surface area (Å²) >= 11 is 0. The summed E-state index contributed by atoms with van der Waals surface area (Å²) in [6.07, 6.45) is 4.43. The van der Waals surface area contributed by atoms with Gasteiger partial charge in [-0.05, 0) is 54.8 Å². The number of rotatable bonds is 2. The van der Waals surface area contributed by atoms with Crippen LogP contribution in [0.2, 0.25) is 0 Å². The number of fused-ring (bicyclic) bond motifs is 1. The molecule has 1 heterocycles. The minimum atomic E-state index is -0.365. The van der Waals surface area contributed by atoms with E-state index in [1.807, 2.05) is 6.07 Å². The van der Waals surface area contributed by atoms with Gasteiger partial charge in [0.05, 0.1) is 5.41 Å². The van der Waals surface area contributed by atoms with Gasteiger partial charge in [0.1, 0.15) is 5.78 Å². The van der Waals surface area contributed by atoms with Gasteiger partial charge >= 0.3 is 0 Å². The van der Waals surface area contributed by atoms with Crippen LogP contribution >= 0.6 is 0 Å². The standard InChI is InChI=1S/C16H19NO4/c18-15-6-2-4-12-13-9-10-11(16(12,15)7-8-17-13)3-1-5-14(10)20-21-19/h1,3,5,12-13,17,19H,2,4,6-9H2/t12-,13+,16+/m0/s1. The molecule has 0 radical (unpaired) electrons. The molecule has 112 valence electrons. The second-order valence-electron chi connectivity index (χ2n) is 6.35. The van der Waals surface area contributed by atoms with Gasteiger partial charge in [-0.15, -0.1) is 0 Å². The smallest absolute Gasteiger partial charge is 0.172 e. The molecule has 1 aromatic carbocycles. The van der Waals surface area contributed by atoms with Gasteiger partial charge in [-0.2, -0.15) is 0 Å². The zero-order valence-corrected chi connectivity index (χ0v) is 11.8. The molecule has 2 N–H and O–H groups in total. The maximum Gasteiger partial charge on any atom is 0.172 e. The Hall–Kier alpha value is -1.43. The number of hydrogen-bond donors (Lipinski definition) is 2. The van der Waals surface area contributed by atoms with E-state index in [4.69, 9.17) is 10.1 Å². The number of hydrogen-bond acceptors (Lipinski definition) is 5. The lowest BCUT2D eigenvalue weighted by molar-refractivity contribution is -0.439. The first-order valence-corrected chi connectivity index (χ1v) is 7.64. The van der Waals surface area contributed by atoms with E-state index in [0.717, 1.165) is 43.4 Å². The van der Waals surface area contributed by atoms with E-state index in [9.17, 15) is 4.79 Å². The molecule has 1 saturated carbocycles. The average molecular weight is 289 g/mol. The number of nitrogens with one attached hydrogen (secondary N) is 1. The third-order valence-electron chi connectivity index (χ3n) is 5.63. The van der Waals surface area contributed by atoms with Gasteiger partial charge in [-0.1, -0.05) is 12.1 Å². The Kier molecular flexibility index (Phi) is 3.03. The van der Waals surface area contributed by atoms with E-state index >= 15 is 0 Å². The average Bonchev–Trinajstić information content (AvgIpc) is 2.49. The third kappa shape index (κ3) is 1.71. The Morgan fingerprint density at radius 3 is 3.14 bits per heavy atom. The van der Waals surface area contributed by atoms with Crippen molar-refractivity contribution in [3.63, 3.8) is 0 Å². The molecule has 1 aliphatic heterocycles. The molecule has 5 heteroatoms. The molecule has 0 unspecified atom stereocenters. The van der Waals surface area contributed by atoms with E-state index in [2.05, 4.69) is 16.4 Å². The fourth-order valence-corrected chi connectivity index (χ4v) is 4.86. The van der Waals surface area contributed by atoms with Crippen LogP contribution in [0.25, 0.3) is 0 Å². The third-order valence-corrected chi connectivity index (χ3v) is 5.63. The number of ketones is 1. The number of Topliss-reactive ketones (excluding diaryl/α,β-unsaturated/α-hetero) is 1. The first-order chi connectivity index (χ1) is 10.3. The summed E-state index contributed by atoms with van der Waals surface area (Å²) in [6.45, 7) is 0.883. The molecule has 5 nitrogen and oxygen atoms in total. The van der Waals surface area contributed by atoms with Crippen LogP contribution in [0.15, 0.2) is 18.2 Å². The van der Waals surface area contributed by atoms with Crippen molar-refractivity contribution in [3.05, 3.63) is 29.3 Å². The monoisotopic (exact) mass is 289 g/mol. The van der Waals surface area contributed by atoms with Gasteiger partial charge in [0.15, 0.2) is 5.75 Å². The van der Waals surface area contributed by atoms with E-state index in [-0.39, 0.29) is 5.41 Å². The molecule has 2 bridgehead atoms. The van der Waals surface area contributed by atoms with Crippen molar-refractivity contribution in [2.75, 3.05) is 6.54 Å². The van der Waals surface area contributed by atoms with Crippen molar-refractivity contribution in [1.29, 1.82) is 0 Å². The lowest BCUT2D eigenvalue weighted by Crippen LogP contribution is -2.62. The predicted octanol–water partition coefficient (Wildman–Crippen LogP) is 1.99. The van der Waals surface area contributed by atoms with Crippen LogP contribution in [0.4, 0.5) is 0 Å². The quantitative estimate of drug-likeness (QED) is 0.644. The van der Waals surface area contributed by atoms with Crippen molar-refractivity contribution >= 4 is 5.78 Å². The van der Waals surface area contributed by atoms with Gasteiger partial charge in [0, 0.05) is 18.0 Å². The van der Waals surface area contributed by atoms with Gasteiger partial charge in [0.25, 0.3) is 0 Å². The normalized spacial score (nSPS) is 34.0. The molecular formula is C16H19NO4. The molecule has 1 aromatic rings. The van der Waals surface area contributed by atoms with Crippen molar-refractivity contribution in [2.45, 2.75) is 43.6 Å². The van der Waals surface area contributed by atoms with Crippen LogP contribution in [-0.2, 0) is 21.7 Å².